The number of benzene rings is 2. The van der Waals surface area contributed by atoms with Crippen molar-refractivity contribution in [3.05, 3.63) is 72.1 Å². The summed E-state index contributed by atoms with van der Waals surface area (Å²) in [6.45, 7) is 0.619. The Kier molecular flexibility index (Phi) is 3.78. The van der Waals surface area contributed by atoms with Gasteiger partial charge < -0.3 is 4.90 Å². The number of carbonyl (C=O) groups excluding carboxylic acids is 1. The van der Waals surface area contributed by atoms with Crippen molar-refractivity contribution >= 4 is 5.91 Å². The Balaban J connectivity index is 1.66. The Morgan fingerprint density at radius 2 is 1.83 bits per heavy atom. The number of hydrogen-bond acceptors (Lipinski definition) is 4. The molecule has 0 spiro atoms. The van der Waals surface area contributed by atoms with Crippen molar-refractivity contribution in [3.8, 4) is 5.69 Å². The van der Waals surface area contributed by atoms with Crippen LogP contribution in [0.4, 0.5) is 0 Å². The van der Waals surface area contributed by atoms with Gasteiger partial charge in [-0.05, 0) is 41.0 Å². The lowest BCUT2D eigenvalue weighted by Gasteiger charge is -2.23. The first kappa shape index (κ1) is 14.6. The standard InChI is InChI=1S/C18H17N5O/c24-18(16-8-4-5-9-17(16)23-13-19-20-21-23)22(15-10-11-15)12-14-6-2-1-3-7-14/h1-9,13,15H,10-12H2. The van der Waals surface area contributed by atoms with Crippen LogP contribution in [0.3, 0.4) is 0 Å². The molecule has 120 valence electrons. The average Bonchev–Trinajstić information content (AvgIpc) is 3.33. The maximum atomic E-state index is 13.2. The largest absolute Gasteiger partial charge is 0.331 e. The number of tetrazole rings is 1. The Morgan fingerprint density at radius 1 is 1.08 bits per heavy atom. The van der Waals surface area contributed by atoms with Gasteiger partial charge in [0.05, 0.1) is 11.3 Å². The number of rotatable bonds is 5. The molecule has 0 saturated heterocycles. The summed E-state index contributed by atoms with van der Waals surface area (Å²) in [5.41, 5.74) is 2.46. The zero-order valence-electron chi connectivity index (χ0n) is 13.1. The van der Waals surface area contributed by atoms with Crippen LogP contribution in [0.1, 0.15) is 28.8 Å². The summed E-state index contributed by atoms with van der Waals surface area (Å²) in [5, 5.41) is 11.3. The fourth-order valence-electron chi connectivity index (χ4n) is 2.81. The van der Waals surface area contributed by atoms with Gasteiger partial charge >= 0.3 is 0 Å². The summed E-state index contributed by atoms with van der Waals surface area (Å²) >= 11 is 0. The van der Waals surface area contributed by atoms with Gasteiger partial charge in [0.1, 0.15) is 6.33 Å². The minimum absolute atomic E-state index is 0.0208. The summed E-state index contributed by atoms with van der Waals surface area (Å²) in [6, 6.07) is 17.9. The van der Waals surface area contributed by atoms with Crippen molar-refractivity contribution < 1.29 is 4.79 Å². The lowest BCUT2D eigenvalue weighted by Crippen LogP contribution is -2.33. The van der Waals surface area contributed by atoms with Gasteiger partial charge in [0.25, 0.3) is 5.91 Å². The third kappa shape index (κ3) is 2.90. The number of aromatic nitrogens is 4. The van der Waals surface area contributed by atoms with E-state index in [2.05, 4.69) is 27.7 Å². The van der Waals surface area contributed by atoms with E-state index in [1.54, 1.807) is 0 Å². The average molecular weight is 319 g/mol. The van der Waals surface area contributed by atoms with Crippen LogP contribution in [0.5, 0.6) is 0 Å². The van der Waals surface area contributed by atoms with Crippen LogP contribution >= 0.6 is 0 Å². The molecule has 1 aromatic heterocycles. The third-order valence-electron chi connectivity index (χ3n) is 4.17. The van der Waals surface area contributed by atoms with Gasteiger partial charge in [0.15, 0.2) is 0 Å². The molecule has 0 N–H and O–H groups in total. The monoisotopic (exact) mass is 319 g/mol. The number of nitrogens with zero attached hydrogens (tertiary/aromatic N) is 5. The lowest BCUT2D eigenvalue weighted by atomic mass is 10.1. The first-order valence-electron chi connectivity index (χ1n) is 8.00. The summed E-state index contributed by atoms with van der Waals surface area (Å²) in [7, 11) is 0. The smallest absolute Gasteiger partial charge is 0.256 e. The SMILES string of the molecule is O=C(c1ccccc1-n1cnnn1)N(Cc1ccccc1)C1CC1. The summed E-state index contributed by atoms with van der Waals surface area (Å²) in [4.78, 5) is 15.1. The molecular weight excluding hydrogens is 302 g/mol. The van der Waals surface area contributed by atoms with Gasteiger partial charge in [-0.1, -0.05) is 42.5 Å². The van der Waals surface area contributed by atoms with Crippen LogP contribution in [0.25, 0.3) is 5.69 Å². The molecule has 6 nitrogen and oxygen atoms in total. The van der Waals surface area contributed by atoms with Crippen molar-refractivity contribution in [2.45, 2.75) is 25.4 Å². The van der Waals surface area contributed by atoms with Crippen molar-refractivity contribution in [2.75, 3.05) is 0 Å². The van der Waals surface area contributed by atoms with Gasteiger partial charge in [0.2, 0.25) is 0 Å². The molecule has 0 atom stereocenters. The zero-order valence-corrected chi connectivity index (χ0v) is 13.1. The Hall–Kier alpha value is -3.02. The van der Waals surface area contributed by atoms with Crippen LogP contribution in [-0.2, 0) is 6.54 Å². The zero-order chi connectivity index (χ0) is 16.4. The molecule has 2 aromatic carbocycles. The van der Waals surface area contributed by atoms with Crippen LogP contribution in [0, 0.1) is 0 Å². The lowest BCUT2D eigenvalue weighted by molar-refractivity contribution is 0.0730. The second-order valence-corrected chi connectivity index (χ2v) is 5.92. The second kappa shape index (κ2) is 6.23. The van der Waals surface area contributed by atoms with Gasteiger partial charge in [-0.25, -0.2) is 0 Å². The summed E-state index contributed by atoms with van der Waals surface area (Å²) in [6.07, 6.45) is 3.63. The highest BCUT2D eigenvalue weighted by atomic mass is 16.2. The molecule has 0 radical (unpaired) electrons. The molecule has 1 saturated carbocycles. The van der Waals surface area contributed by atoms with Gasteiger partial charge in [0, 0.05) is 12.6 Å². The van der Waals surface area contributed by atoms with E-state index < -0.39 is 0 Å². The van der Waals surface area contributed by atoms with Gasteiger partial charge in [-0.3, -0.25) is 4.79 Å². The van der Waals surface area contributed by atoms with Crippen LogP contribution in [-0.4, -0.2) is 37.1 Å². The van der Waals surface area contributed by atoms with E-state index >= 15 is 0 Å². The van der Waals surface area contributed by atoms with E-state index in [9.17, 15) is 4.79 Å². The molecule has 3 aromatic rings. The fourth-order valence-corrected chi connectivity index (χ4v) is 2.81. The highest BCUT2D eigenvalue weighted by Crippen LogP contribution is 2.30. The van der Waals surface area contributed by atoms with Crippen molar-refractivity contribution in [1.29, 1.82) is 0 Å². The molecule has 1 heterocycles. The minimum atomic E-state index is 0.0208. The molecule has 4 rings (SSSR count). The molecule has 1 aliphatic rings. The van der Waals surface area contributed by atoms with E-state index in [4.69, 9.17) is 0 Å². The molecule has 1 aliphatic carbocycles. The molecule has 1 fully saturated rings. The van der Waals surface area contributed by atoms with Crippen LogP contribution in [0.15, 0.2) is 60.9 Å². The van der Waals surface area contributed by atoms with E-state index in [1.807, 2.05) is 47.4 Å². The van der Waals surface area contributed by atoms with E-state index in [-0.39, 0.29) is 5.91 Å². The number of hydrogen-bond donors (Lipinski definition) is 0. The van der Waals surface area contributed by atoms with Crippen LogP contribution in [0.2, 0.25) is 0 Å². The van der Waals surface area contributed by atoms with Crippen molar-refractivity contribution in [2.24, 2.45) is 0 Å². The molecular formula is C18H17N5O. The molecule has 1 amide bonds. The topological polar surface area (TPSA) is 63.9 Å². The van der Waals surface area contributed by atoms with Crippen LogP contribution < -0.4 is 0 Å². The summed E-state index contributed by atoms with van der Waals surface area (Å²) in [5.74, 6) is 0.0208. The predicted octanol–water partition coefficient (Wildman–Crippen LogP) is 2.47. The maximum absolute atomic E-state index is 13.2. The number of carbonyl (C=O) groups is 1. The number of para-hydroxylation sites is 1. The molecule has 6 heteroatoms. The molecule has 24 heavy (non-hydrogen) atoms. The Bertz CT molecular complexity index is 828. The van der Waals surface area contributed by atoms with E-state index in [1.165, 1.54) is 11.0 Å². The van der Waals surface area contributed by atoms with Gasteiger partial charge in [-0.15, -0.1) is 5.10 Å². The van der Waals surface area contributed by atoms with E-state index in [0.717, 1.165) is 18.4 Å². The summed E-state index contributed by atoms with van der Waals surface area (Å²) < 4.78 is 1.53. The van der Waals surface area contributed by atoms with Crippen molar-refractivity contribution in [3.63, 3.8) is 0 Å². The first-order chi connectivity index (χ1) is 11.8. The fraction of sp³-hybridized carbons (Fsp3) is 0.222. The van der Waals surface area contributed by atoms with Gasteiger partial charge in [-0.2, -0.15) is 4.68 Å². The quantitative estimate of drug-likeness (QED) is 0.725. The van der Waals surface area contributed by atoms with E-state index in [0.29, 0.717) is 23.8 Å². The highest BCUT2D eigenvalue weighted by Gasteiger charge is 2.34. The molecule has 0 aliphatic heterocycles. The Morgan fingerprint density at radius 3 is 2.54 bits per heavy atom. The maximum Gasteiger partial charge on any atom is 0.256 e. The minimum Gasteiger partial charge on any atom is -0.331 e. The highest BCUT2D eigenvalue weighted by molar-refractivity contribution is 5.98. The molecule has 0 unspecified atom stereocenters. The second-order valence-electron chi connectivity index (χ2n) is 5.92. The molecule has 0 bridgehead atoms. The normalized spacial score (nSPS) is 13.7. The first-order valence-corrected chi connectivity index (χ1v) is 8.00. The predicted molar refractivity (Wildman–Crippen MR) is 88.5 cm³/mol. The third-order valence-corrected chi connectivity index (χ3v) is 4.17. The Labute approximate surface area is 139 Å². The number of amides is 1. The van der Waals surface area contributed by atoms with Crippen molar-refractivity contribution in [1.82, 2.24) is 25.1 Å².